The molecule has 158 valence electrons. The number of carbonyl (C=O) groups is 1. The lowest BCUT2D eigenvalue weighted by Crippen LogP contribution is -2.29. The zero-order valence-electron chi connectivity index (χ0n) is 16.3. The molecule has 0 fully saturated rings. The van der Waals surface area contributed by atoms with Crippen LogP contribution in [-0.2, 0) is 23.8 Å². The fourth-order valence-corrected chi connectivity index (χ4v) is 3.04. The molecule has 0 saturated carbocycles. The molecule has 0 aliphatic rings. The second kappa shape index (κ2) is 9.11. The molecule has 1 heterocycles. The van der Waals surface area contributed by atoms with Crippen LogP contribution in [0.15, 0.2) is 54.6 Å². The quantitative estimate of drug-likeness (QED) is 0.556. The number of rotatable bonds is 7. The van der Waals surface area contributed by atoms with Crippen molar-refractivity contribution in [3.63, 3.8) is 0 Å². The molecule has 0 unspecified atom stereocenters. The average molecular weight is 419 g/mol. The molecule has 30 heavy (non-hydrogen) atoms. The summed E-state index contributed by atoms with van der Waals surface area (Å²) < 4.78 is 51.1. The van der Waals surface area contributed by atoms with Crippen LogP contribution >= 0.6 is 0 Å². The highest BCUT2D eigenvalue weighted by Crippen LogP contribution is 2.29. The van der Waals surface area contributed by atoms with Crippen molar-refractivity contribution in [2.45, 2.75) is 25.4 Å². The van der Waals surface area contributed by atoms with E-state index >= 15 is 0 Å². The zero-order valence-corrected chi connectivity index (χ0v) is 16.3. The first-order valence-corrected chi connectivity index (χ1v) is 9.43. The smallest absolute Gasteiger partial charge is 0.345 e. The van der Waals surface area contributed by atoms with Crippen molar-refractivity contribution in [3.8, 4) is 11.3 Å². The van der Waals surface area contributed by atoms with E-state index < -0.39 is 11.7 Å². The van der Waals surface area contributed by atoms with E-state index in [9.17, 15) is 22.4 Å². The monoisotopic (exact) mass is 419 g/mol. The summed E-state index contributed by atoms with van der Waals surface area (Å²) in [6, 6.07) is 12.6. The van der Waals surface area contributed by atoms with E-state index in [1.807, 2.05) is 6.07 Å². The fraction of sp³-hybridized carbons (Fsp3) is 0.273. The van der Waals surface area contributed by atoms with Gasteiger partial charge in [-0.3, -0.25) is 9.89 Å². The van der Waals surface area contributed by atoms with Gasteiger partial charge in [0.2, 0.25) is 5.91 Å². The van der Waals surface area contributed by atoms with Crippen molar-refractivity contribution < 1.29 is 22.4 Å². The van der Waals surface area contributed by atoms with Gasteiger partial charge < -0.3 is 4.90 Å². The minimum atomic E-state index is -4.39. The van der Waals surface area contributed by atoms with E-state index in [1.165, 1.54) is 24.3 Å². The van der Waals surface area contributed by atoms with Crippen LogP contribution in [-0.4, -0.2) is 34.6 Å². The minimum Gasteiger partial charge on any atom is -0.345 e. The summed E-state index contributed by atoms with van der Waals surface area (Å²) in [4.78, 5) is 13.9. The number of hydrogen-bond acceptors (Lipinski definition) is 2. The maximum atomic E-state index is 13.3. The van der Waals surface area contributed by atoms with Gasteiger partial charge in [-0.25, -0.2) is 4.39 Å². The van der Waals surface area contributed by atoms with Gasteiger partial charge in [-0.15, -0.1) is 0 Å². The number of alkyl halides is 3. The molecule has 3 aromatic rings. The first kappa shape index (κ1) is 21.5. The second-order valence-electron chi connectivity index (χ2n) is 7.08. The molecule has 1 aromatic heterocycles. The number of nitrogens with zero attached hydrogens (tertiary/aromatic N) is 2. The molecule has 4 nitrogen and oxygen atoms in total. The molecule has 0 radical (unpaired) electrons. The molecule has 1 N–H and O–H groups in total. The first-order chi connectivity index (χ1) is 14.2. The Labute approximate surface area is 171 Å². The van der Waals surface area contributed by atoms with Crippen molar-refractivity contribution in [1.82, 2.24) is 15.1 Å². The maximum Gasteiger partial charge on any atom is 0.416 e. The predicted octanol–water partition coefficient (Wildman–Crippen LogP) is 4.87. The van der Waals surface area contributed by atoms with Crippen molar-refractivity contribution in [2.75, 3.05) is 13.6 Å². The summed E-state index contributed by atoms with van der Waals surface area (Å²) >= 11 is 0. The Morgan fingerprint density at radius 3 is 2.50 bits per heavy atom. The Hall–Kier alpha value is -3.16. The number of hydrogen-bond donors (Lipinski definition) is 1. The molecule has 8 heteroatoms. The van der Waals surface area contributed by atoms with Gasteiger partial charge >= 0.3 is 6.18 Å². The summed E-state index contributed by atoms with van der Waals surface area (Å²) in [7, 11) is 1.66. The van der Waals surface area contributed by atoms with E-state index in [0.717, 1.165) is 17.8 Å². The predicted molar refractivity (Wildman–Crippen MR) is 105 cm³/mol. The zero-order chi connectivity index (χ0) is 21.7. The number of likely N-dealkylation sites (N-methyl/N-ethyl adjacent to an activating group) is 1. The number of aryl methyl sites for hydroxylation is 1. The molecule has 0 atom stereocenters. The van der Waals surface area contributed by atoms with Gasteiger partial charge in [0.15, 0.2) is 0 Å². The van der Waals surface area contributed by atoms with Gasteiger partial charge in [0.05, 0.1) is 17.7 Å². The van der Waals surface area contributed by atoms with Gasteiger partial charge in [-0.2, -0.15) is 18.3 Å². The lowest BCUT2D eigenvalue weighted by Gasteiger charge is -2.17. The van der Waals surface area contributed by atoms with Crippen LogP contribution in [0.5, 0.6) is 0 Å². The molecule has 0 aliphatic carbocycles. The molecule has 0 spiro atoms. The van der Waals surface area contributed by atoms with E-state index in [1.54, 1.807) is 24.1 Å². The van der Waals surface area contributed by atoms with Crippen LogP contribution in [0.4, 0.5) is 17.6 Å². The average Bonchev–Trinajstić information content (AvgIpc) is 3.16. The highest BCUT2D eigenvalue weighted by atomic mass is 19.4. The van der Waals surface area contributed by atoms with Crippen LogP contribution in [0.25, 0.3) is 11.3 Å². The number of amides is 1. The molecular formula is C22H21F4N3O. The Morgan fingerprint density at radius 1 is 1.10 bits per heavy atom. The number of aromatic amines is 1. The summed E-state index contributed by atoms with van der Waals surface area (Å²) in [5.41, 5.74) is 2.01. The van der Waals surface area contributed by atoms with Gasteiger partial charge in [-0.1, -0.05) is 24.3 Å². The highest BCUT2D eigenvalue weighted by Gasteiger charge is 2.30. The largest absolute Gasteiger partial charge is 0.416 e. The summed E-state index contributed by atoms with van der Waals surface area (Å²) in [6.45, 7) is 0.494. The fourth-order valence-electron chi connectivity index (χ4n) is 3.04. The van der Waals surface area contributed by atoms with Gasteiger partial charge in [0.1, 0.15) is 5.82 Å². The van der Waals surface area contributed by atoms with Crippen molar-refractivity contribution in [2.24, 2.45) is 0 Å². The number of halogens is 4. The summed E-state index contributed by atoms with van der Waals surface area (Å²) in [5.74, 6) is -0.495. The second-order valence-corrected chi connectivity index (χ2v) is 7.08. The lowest BCUT2D eigenvalue weighted by molar-refractivity contribution is -0.137. The molecule has 1 amide bonds. The molecule has 0 saturated heterocycles. The van der Waals surface area contributed by atoms with Crippen LogP contribution in [0.3, 0.4) is 0 Å². The minimum absolute atomic E-state index is 0.0441. The van der Waals surface area contributed by atoms with Crippen LogP contribution in [0.1, 0.15) is 23.2 Å². The number of H-pyrrole nitrogens is 1. The first-order valence-electron chi connectivity index (χ1n) is 9.43. The van der Waals surface area contributed by atoms with E-state index in [-0.39, 0.29) is 18.1 Å². The molecular weight excluding hydrogens is 398 g/mol. The molecule has 0 aliphatic heterocycles. The maximum absolute atomic E-state index is 13.3. The Balaban J connectivity index is 1.47. The summed E-state index contributed by atoms with van der Waals surface area (Å²) in [5, 5.41) is 7.10. The van der Waals surface area contributed by atoms with E-state index in [4.69, 9.17) is 0 Å². The lowest BCUT2D eigenvalue weighted by atomic mass is 10.1. The normalized spacial score (nSPS) is 11.5. The van der Waals surface area contributed by atoms with Gasteiger partial charge in [0.25, 0.3) is 0 Å². The molecule has 2 aromatic carbocycles. The van der Waals surface area contributed by atoms with Crippen molar-refractivity contribution >= 4 is 5.91 Å². The third-order valence-corrected chi connectivity index (χ3v) is 4.75. The van der Waals surface area contributed by atoms with Crippen molar-refractivity contribution in [1.29, 1.82) is 0 Å². The van der Waals surface area contributed by atoms with Gasteiger partial charge in [-0.05, 0) is 48.7 Å². The Bertz CT molecular complexity index is 996. The SMILES string of the molecule is CN(CCCc1cc(-c2cccc(F)c2)n[nH]1)C(=O)Cc1ccc(C(F)(F)F)cc1. The van der Waals surface area contributed by atoms with Crippen LogP contribution in [0.2, 0.25) is 0 Å². The number of benzene rings is 2. The van der Waals surface area contributed by atoms with E-state index in [2.05, 4.69) is 10.2 Å². The van der Waals surface area contributed by atoms with Crippen LogP contribution < -0.4 is 0 Å². The third-order valence-electron chi connectivity index (χ3n) is 4.75. The van der Waals surface area contributed by atoms with Crippen molar-refractivity contribution in [3.05, 3.63) is 77.2 Å². The molecule has 0 bridgehead atoms. The molecule has 3 rings (SSSR count). The number of carbonyl (C=O) groups excluding carboxylic acids is 1. The number of nitrogens with one attached hydrogen (secondary N) is 1. The topological polar surface area (TPSA) is 49.0 Å². The van der Waals surface area contributed by atoms with Gasteiger partial charge in [0, 0.05) is 24.8 Å². The Kier molecular flexibility index (Phi) is 6.54. The summed E-state index contributed by atoms with van der Waals surface area (Å²) in [6.07, 6.45) is -3.01. The van der Waals surface area contributed by atoms with E-state index in [0.29, 0.717) is 36.2 Å². The number of aromatic nitrogens is 2. The third kappa shape index (κ3) is 5.68. The van der Waals surface area contributed by atoms with Crippen LogP contribution in [0, 0.1) is 5.82 Å². The Morgan fingerprint density at radius 2 is 1.83 bits per heavy atom. The highest BCUT2D eigenvalue weighted by molar-refractivity contribution is 5.78. The standard InChI is InChI=1S/C22H21F4N3O/c1-29(21(30)12-15-7-9-17(10-8-15)22(24,25)26)11-3-6-19-14-20(28-27-19)16-4-2-5-18(23)13-16/h2,4-5,7-10,13-14H,3,6,11-12H2,1H3,(H,27,28).